The fourth-order valence-corrected chi connectivity index (χ4v) is 1.10. The second-order valence-corrected chi connectivity index (χ2v) is 4.09. The Balaban J connectivity index is 2.50. The van der Waals surface area contributed by atoms with Gasteiger partial charge in [-0.25, -0.2) is 4.79 Å². The first kappa shape index (κ1) is 16.3. The van der Waals surface area contributed by atoms with E-state index in [9.17, 15) is 18.0 Å². The van der Waals surface area contributed by atoms with Gasteiger partial charge in [0.15, 0.2) is 18.1 Å². The SMILES string of the molecule is NC(C(=O)O)=C(C=NCCOC1CC1)OCC(F)(F)F. The molecule has 0 aromatic heterocycles. The van der Waals surface area contributed by atoms with Gasteiger partial charge in [-0.05, 0) is 12.8 Å². The molecular weight excluding hydrogens is 281 g/mol. The molecule has 3 N–H and O–H groups in total. The van der Waals surface area contributed by atoms with E-state index in [2.05, 4.69) is 9.73 Å². The average Bonchev–Trinajstić information content (AvgIpc) is 3.14. The zero-order valence-electron chi connectivity index (χ0n) is 10.5. The van der Waals surface area contributed by atoms with Crippen molar-refractivity contribution in [1.82, 2.24) is 0 Å². The number of aliphatic imine (C=N–C) groups is 1. The Morgan fingerprint density at radius 1 is 1.45 bits per heavy atom. The zero-order chi connectivity index (χ0) is 15.2. The first-order valence-electron chi connectivity index (χ1n) is 5.83. The van der Waals surface area contributed by atoms with Crippen molar-refractivity contribution in [3.05, 3.63) is 11.5 Å². The van der Waals surface area contributed by atoms with Gasteiger partial charge in [-0.2, -0.15) is 13.2 Å². The first-order chi connectivity index (χ1) is 9.29. The normalized spacial score (nSPS) is 17.1. The number of allylic oxidation sites excluding steroid dienone is 1. The number of alkyl halides is 3. The summed E-state index contributed by atoms with van der Waals surface area (Å²) in [6.45, 7) is -1.15. The Bertz CT molecular complexity index is 403. The largest absolute Gasteiger partial charge is 0.480 e. The van der Waals surface area contributed by atoms with Crippen LogP contribution in [0.2, 0.25) is 0 Å². The monoisotopic (exact) mass is 296 g/mol. The number of nitrogens with zero attached hydrogens (tertiary/aromatic N) is 1. The summed E-state index contributed by atoms with van der Waals surface area (Å²) in [6.07, 6.45) is -1.49. The van der Waals surface area contributed by atoms with E-state index in [1.807, 2.05) is 0 Å². The lowest BCUT2D eigenvalue weighted by atomic mass is 10.4. The third-order valence-corrected chi connectivity index (χ3v) is 2.19. The van der Waals surface area contributed by atoms with E-state index in [0.29, 0.717) is 6.61 Å². The second kappa shape index (κ2) is 7.13. The molecule has 1 fully saturated rings. The van der Waals surface area contributed by atoms with E-state index in [4.69, 9.17) is 15.6 Å². The van der Waals surface area contributed by atoms with Gasteiger partial charge in [0.25, 0.3) is 0 Å². The summed E-state index contributed by atoms with van der Waals surface area (Å²) >= 11 is 0. The summed E-state index contributed by atoms with van der Waals surface area (Å²) in [5.41, 5.74) is 4.30. The molecule has 0 unspecified atom stereocenters. The lowest BCUT2D eigenvalue weighted by Gasteiger charge is -2.10. The van der Waals surface area contributed by atoms with Crippen molar-refractivity contribution >= 4 is 12.2 Å². The van der Waals surface area contributed by atoms with Crippen LogP contribution in [0.1, 0.15) is 12.8 Å². The summed E-state index contributed by atoms with van der Waals surface area (Å²) in [5.74, 6) is -2.20. The van der Waals surface area contributed by atoms with E-state index in [0.717, 1.165) is 19.1 Å². The Morgan fingerprint density at radius 2 is 2.10 bits per heavy atom. The van der Waals surface area contributed by atoms with Crippen molar-refractivity contribution in [3.63, 3.8) is 0 Å². The number of carboxylic acids is 1. The Morgan fingerprint density at radius 3 is 2.60 bits per heavy atom. The lowest BCUT2D eigenvalue weighted by molar-refractivity contribution is -0.163. The van der Waals surface area contributed by atoms with Crippen LogP contribution in [0.3, 0.4) is 0 Å². The summed E-state index contributed by atoms with van der Waals surface area (Å²) in [4.78, 5) is 14.4. The molecule has 0 amide bonds. The quantitative estimate of drug-likeness (QED) is 0.302. The highest BCUT2D eigenvalue weighted by Gasteiger charge is 2.29. The number of hydrogen-bond acceptors (Lipinski definition) is 5. The van der Waals surface area contributed by atoms with Crippen molar-refractivity contribution in [3.8, 4) is 0 Å². The van der Waals surface area contributed by atoms with Gasteiger partial charge < -0.3 is 20.3 Å². The minimum absolute atomic E-state index is 0.183. The van der Waals surface area contributed by atoms with E-state index < -0.39 is 30.2 Å². The summed E-state index contributed by atoms with van der Waals surface area (Å²) in [5, 5.41) is 8.64. The molecule has 1 aliphatic carbocycles. The number of halogens is 3. The predicted octanol–water partition coefficient (Wildman–Crippen LogP) is 1.07. The van der Waals surface area contributed by atoms with Crippen molar-refractivity contribution in [2.45, 2.75) is 25.1 Å². The number of aliphatic carboxylic acids is 1. The van der Waals surface area contributed by atoms with E-state index in [1.54, 1.807) is 0 Å². The van der Waals surface area contributed by atoms with Gasteiger partial charge in [-0.3, -0.25) is 4.99 Å². The number of rotatable bonds is 8. The predicted molar refractivity (Wildman–Crippen MR) is 63.2 cm³/mol. The van der Waals surface area contributed by atoms with Crippen LogP contribution in [0.25, 0.3) is 0 Å². The third-order valence-electron chi connectivity index (χ3n) is 2.19. The van der Waals surface area contributed by atoms with Gasteiger partial charge in [0.2, 0.25) is 0 Å². The Kier molecular flexibility index (Phi) is 5.81. The molecular formula is C11H15F3N2O4. The molecule has 6 nitrogen and oxygen atoms in total. The maximum absolute atomic E-state index is 12.0. The highest BCUT2D eigenvalue weighted by Crippen LogP contribution is 2.22. The van der Waals surface area contributed by atoms with Gasteiger partial charge in [-0.1, -0.05) is 0 Å². The van der Waals surface area contributed by atoms with Gasteiger partial charge >= 0.3 is 12.1 Å². The van der Waals surface area contributed by atoms with Crippen LogP contribution < -0.4 is 5.73 Å². The highest BCUT2D eigenvalue weighted by molar-refractivity contribution is 5.93. The van der Waals surface area contributed by atoms with Crippen molar-refractivity contribution in [2.24, 2.45) is 10.7 Å². The minimum atomic E-state index is -4.59. The van der Waals surface area contributed by atoms with Gasteiger partial charge in [-0.15, -0.1) is 0 Å². The van der Waals surface area contributed by atoms with E-state index >= 15 is 0 Å². The smallest absolute Gasteiger partial charge is 0.422 e. The second-order valence-electron chi connectivity index (χ2n) is 4.09. The van der Waals surface area contributed by atoms with Gasteiger partial charge in [0, 0.05) is 0 Å². The van der Waals surface area contributed by atoms with Crippen LogP contribution in [-0.2, 0) is 14.3 Å². The number of carboxylic acid groups (broad SMARTS) is 1. The van der Waals surface area contributed by atoms with Crippen LogP contribution >= 0.6 is 0 Å². The van der Waals surface area contributed by atoms with Gasteiger partial charge in [0.1, 0.15) is 0 Å². The molecule has 0 radical (unpaired) electrons. The highest BCUT2D eigenvalue weighted by atomic mass is 19.4. The molecule has 0 heterocycles. The fraction of sp³-hybridized carbons (Fsp3) is 0.636. The van der Waals surface area contributed by atoms with Crippen LogP contribution in [0.5, 0.6) is 0 Å². The Labute approximate surface area is 113 Å². The van der Waals surface area contributed by atoms with Crippen LogP contribution in [0.15, 0.2) is 16.4 Å². The van der Waals surface area contributed by atoms with Crippen molar-refractivity contribution in [1.29, 1.82) is 0 Å². The number of hydrogen-bond donors (Lipinski definition) is 2. The molecule has 0 bridgehead atoms. The number of nitrogens with two attached hydrogens (primary N) is 1. The molecule has 20 heavy (non-hydrogen) atoms. The van der Waals surface area contributed by atoms with Crippen molar-refractivity contribution in [2.75, 3.05) is 19.8 Å². The van der Waals surface area contributed by atoms with E-state index in [-0.39, 0.29) is 12.6 Å². The molecule has 0 atom stereocenters. The zero-order valence-corrected chi connectivity index (χ0v) is 10.5. The number of ether oxygens (including phenoxy) is 2. The molecule has 1 rings (SSSR count). The molecule has 0 saturated heterocycles. The minimum Gasteiger partial charge on any atom is -0.480 e. The maximum Gasteiger partial charge on any atom is 0.422 e. The lowest BCUT2D eigenvalue weighted by Crippen LogP contribution is -2.21. The summed E-state index contributed by atoms with van der Waals surface area (Å²) in [6, 6.07) is 0. The average molecular weight is 296 g/mol. The molecule has 0 aliphatic heterocycles. The molecule has 0 aromatic carbocycles. The van der Waals surface area contributed by atoms with Crippen LogP contribution in [0.4, 0.5) is 13.2 Å². The molecule has 1 saturated carbocycles. The van der Waals surface area contributed by atoms with Crippen molar-refractivity contribution < 1.29 is 32.5 Å². The first-order valence-corrected chi connectivity index (χ1v) is 5.83. The number of carbonyl (C=O) groups is 1. The summed E-state index contributed by atoms with van der Waals surface area (Å²) in [7, 11) is 0. The molecule has 114 valence electrons. The fourth-order valence-electron chi connectivity index (χ4n) is 1.10. The van der Waals surface area contributed by atoms with Crippen LogP contribution in [0, 0.1) is 0 Å². The topological polar surface area (TPSA) is 94.1 Å². The molecule has 0 spiro atoms. The Hall–Kier alpha value is -1.77. The maximum atomic E-state index is 12.0. The molecule has 1 aliphatic rings. The third kappa shape index (κ3) is 6.98. The van der Waals surface area contributed by atoms with E-state index in [1.165, 1.54) is 0 Å². The summed E-state index contributed by atoms with van der Waals surface area (Å²) < 4.78 is 45.6. The molecule has 9 heteroatoms. The van der Waals surface area contributed by atoms with Crippen LogP contribution in [-0.4, -0.2) is 49.3 Å². The van der Waals surface area contributed by atoms with Gasteiger partial charge in [0.05, 0.1) is 25.5 Å². The standard InChI is InChI=1S/C11H15F3N2O4/c12-11(13,14)6-20-8(9(15)10(17)18)5-16-3-4-19-7-1-2-7/h5,7H,1-4,6,15H2,(H,17,18). The molecule has 0 aromatic rings.